The highest BCUT2D eigenvalue weighted by Gasteiger charge is 2.34. The predicted octanol–water partition coefficient (Wildman–Crippen LogP) is 1.69. The van der Waals surface area contributed by atoms with Gasteiger partial charge < -0.3 is 58.0 Å². The molecule has 0 fully saturated rings. The molecule has 0 bridgehead atoms. The number of nitrogens with one attached hydrogen (secondary N) is 9. The van der Waals surface area contributed by atoms with Gasteiger partial charge in [-0.25, -0.2) is 9.78 Å². The molecule has 4 aromatic rings. The van der Waals surface area contributed by atoms with E-state index in [0.29, 0.717) is 5.69 Å². The van der Waals surface area contributed by atoms with Crippen LogP contribution in [0.2, 0.25) is 0 Å². The molecule has 11 N–H and O–H groups in total. The van der Waals surface area contributed by atoms with Crippen molar-refractivity contribution in [2.75, 3.05) is 37.1 Å². The summed E-state index contributed by atoms with van der Waals surface area (Å²) in [6.45, 7) is 6.01. The fourth-order valence-electron chi connectivity index (χ4n) is 8.11. The molecule has 1 aromatic heterocycles. The van der Waals surface area contributed by atoms with Gasteiger partial charge in [0.1, 0.15) is 36.8 Å². The van der Waals surface area contributed by atoms with Gasteiger partial charge >= 0.3 is 6.09 Å². The van der Waals surface area contributed by atoms with Crippen LogP contribution in [0.1, 0.15) is 75.3 Å². The van der Waals surface area contributed by atoms with Crippen molar-refractivity contribution >= 4 is 82.0 Å². The number of nitrogens with two attached hydrogens (primary N) is 1. The van der Waals surface area contributed by atoms with Crippen LogP contribution in [0, 0.1) is 5.92 Å². The molecule has 0 saturated carbocycles. The number of fused-ring (bicyclic) bond motifs is 3. The monoisotopic (exact) mass is 1100 g/mol. The second-order valence-electron chi connectivity index (χ2n) is 18.5. The van der Waals surface area contributed by atoms with Gasteiger partial charge in [0.05, 0.1) is 18.7 Å². The molecule has 1 aliphatic rings. The molecule has 0 unspecified atom stereocenters. The van der Waals surface area contributed by atoms with Crippen molar-refractivity contribution in [1.82, 2.24) is 52.5 Å². The Balaban J connectivity index is 1.22. The fraction of sp³-hybridized carbons (Fsp3) is 0.415. The lowest BCUT2D eigenvalue weighted by Crippen LogP contribution is -2.59. The number of thioether (sulfide) groups is 2. The molecule has 1 aliphatic carbocycles. The summed E-state index contributed by atoms with van der Waals surface area (Å²) in [6.07, 6.45) is 2.00. The molecule has 0 saturated heterocycles. The quantitative estimate of drug-likeness (QED) is 0.0263. The summed E-state index contributed by atoms with van der Waals surface area (Å²) in [5, 5.41) is 20.6. The molecule has 5 rings (SSSR count). The Morgan fingerprint density at radius 1 is 0.675 bits per heavy atom. The van der Waals surface area contributed by atoms with Crippen molar-refractivity contribution in [3.05, 3.63) is 114 Å². The van der Waals surface area contributed by atoms with E-state index in [4.69, 9.17) is 10.5 Å². The van der Waals surface area contributed by atoms with Gasteiger partial charge in [-0.15, -0.1) is 11.8 Å². The van der Waals surface area contributed by atoms with E-state index in [2.05, 4.69) is 52.5 Å². The molecular formula is C53H67N11O11S2. The molecule has 24 heteroatoms. The van der Waals surface area contributed by atoms with Gasteiger partial charge in [0.25, 0.3) is 0 Å². The first-order valence-corrected chi connectivity index (χ1v) is 27.2. The summed E-state index contributed by atoms with van der Waals surface area (Å²) in [5.41, 5.74) is 10.4. The lowest BCUT2D eigenvalue weighted by atomic mass is 9.98. The van der Waals surface area contributed by atoms with Crippen molar-refractivity contribution in [3.63, 3.8) is 0 Å². The SMILES string of the molecule is CC(=O)NCSC[C@H](NC(=O)[C@H](C)NC(=O)[C@H](CC(C)C)NC(=O)[C@H](Cc1ccccc1)NC(=O)OCC1c2ccccc2-c2ccccc21)C(=O)N[C@@H](Cc1cnc[nH]1)C(=O)NCC(=O)SCCC(=O)NCCC(N)=O. The zero-order valence-electron chi connectivity index (χ0n) is 43.3. The van der Waals surface area contributed by atoms with Crippen LogP contribution in [-0.4, -0.2) is 136 Å². The topological polar surface area (TPSA) is 331 Å². The molecule has 0 radical (unpaired) electrons. The van der Waals surface area contributed by atoms with Crippen molar-refractivity contribution in [2.45, 2.75) is 95.9 Å². The zero-order valence-corrected chi connectivity index (χ0v) is 44.9. The molecule has 0 spiro atoms. The molecular weight excluding hydrogens is 1030 g/mol. The number of rotatable bonds is 30. The lowest BCUT2D eigenvalue weighted by Gasteiger charge is -2.26. The number of primary amides is 1. The second kappa shape index (κ2) is 30.7. The highest BCUT2D eigenvalue weighted by atomic mass is 32.2. The number of carbonyl (C=O) groups excluding carboxylic acids is 10. The van der Waals surface area contributed by atoms with E-state index < -0.39 is 89.3 Å². The Morgan fingerprint density at radius 3 is 1.92 bits per heavy atom. The fourth-order valence-corrected chi connectivity index (χ4v) is 9.69. The molecule has 412 valence electrons. The van der Waals surface area contributed by atoms with Crippen LogP contribution in [0.3, 0.4) is 0 Å². The first kappa shape index (κ1) is 60.1. The van der Waals surface area contributed by atoms with Gasteiger partial charge in [0.15, 0.2) is 0 Å². The molecule has 22 nitrogen and oxygen atoms in total. The highest BCUT2D eigenvalue weighted by Crippen LogP contribution is 2.44. The number of carbonyl (C=O) groups is 10. The Hall–Kier alpha value is -7.73. The van der Waals surface area contributed by atoms with Gasteiger partial charge in [0.2, 0.25) is 52.4 Å². The second-order valence-corrected chi connectivity index (χ2v) is 20.7. The van der Waals surface area contributed by atoms with E-state index >= 15 is 0 Å². The van der Waals surface area contributed by atoms with Crippen LogP contribution in [0.15, 0.2) is 91.4 Å². The Kier molecular flexibility index (Phi) is 24.0. The van der Waals surface area contributed by atoms with Crippen LogP contribution in [0.4, 0.5) is 4.79 Å². The van der Waals surface area contributed by atoms with E-state index in [0.717, 1.165) is 51.3 Å². The van der Waals surface area contributed by atoms with Crippen molar-refractivity contribution in [2.24, 2.45) is 11.7 Å². The minimum Gasteiger partial charge on any atom is -0.449 e. The standard InChI is InChI=1S/C53H67N11O11S2/c1-31(2)22-41(61-51(72)42(23-34-12-6-5-7-13-34)64-53(74)75-27-40-38-16-10-8-14-36(38)37-15-9-11-17-39(37)40)50(71)60-32(3)48(69)63-44(28-76-30-59-33(4)65)52(73)62-43(24-35-25-55-29-58-35)49(70)57-26-47(68)77-21-19-46(67)56-20-18-45(54)66/h5-17,25,29,31-32,40-44H,18-24,26-28,30H2,1-4H3,(H2,54,66)(H,55,58)(H,56,67)(H,57,70)(H,59,65)(H,60,71)(H,61,72)(H,62,73)(H,63,69)(H,64,74)/t32-,41-,42-,43-,44-/m0/s1. The third-order valence-corrected chi connectivity index (χ3v) is 13.8. The third-order valence-electron chi connectivity index (χ3n) is 12.0. The number of hydrogen-bond donors (Lipinski definition) is 10. The summed E-state index contributed by atoms with van der Waals surface area (Å²) in [6, 6.07) is 18.5. The molecule has 9 amide bonds. The first-order valence-electron chi connectivity index (χ1n) is 25.0. The maximum absolute atomic E-state index is 14.2. The lowest BCUT2D eigenvalue weighted by molar-refractivity contribution is -0.134. The van der Waals surface area contributed by atoms with E-state index in [1.165, 1.54) is 26.4 Å². The zero-order chi connectivity index (χ0) is 55.9. The summed E-state index contributed by atoms with van der Waals surface area (Å²) in [5.74, 6) is -5.37. The number of alkyl carbamates (subject to hydrolysis) is 1. The summed E-state index contributed by atoms with van der Waals surface area (Å²) < 4.78 is 5.79. The maximum atomic E-state index is 14.2. The molecule has 77 heavy (non-hydrogen) atoms. The van der Waals surface area contributed by atoms with Crippen LogP contribution < -0.4 is 48.3 Å². The van der Waals surface area contributed by atoms with Gasteiger partial charge in [-0.1, -0.05) is 104 Å². The smallest absolute Gasteiger partial charge is 0.407 e. The number of amides is 9. The van der Waals surface area contributed by atoms with Crippen LogP contribution in [0.25, 0.3) is 11.1 Å². The van der Waals surface area contributed by atoms with E-state index in [1.54, 1.807) is 24.3 Å². The van der Waals surface area contributed by atoms with Crippen LogP contribution >= 0.6 is 23.5 Å². The first-order chi connectivity index (χ1) is 36.9. The van der Waals surface area contributed by atoms with Crippen molar-refractivity contribution < 1.29 is 52.7 Å². The number of benzene rings is 3. The average molecular weight is 1100 g/mol. The van der Waals surface area contributed by atoms with Gasteiger partial charge in [-0.3, -0.25) is 43.2 Å². The van der Waals surface area contributed by atoms with E-state index in [9.17, 15) is 47.9 Å². The van der Waals surface area contributed by atoms with Crippen molar-refractivity contribution in [1.29, 1.82) is 0 Å². The normalized spacial score (nSPS) is 13.5. The summed E-state index contributed by atoms with van der Waals surface area (Å²) in [7, 11) is 0. The number of aromatic nitrogens is 2. The minimum atomic E-state index is -1.34. The number of ether oxygens (including phenoxy) is 1. The molecule has 3 aromatic carbocycles. The Labute approximate surface area is 454 Å². The summed E-state index contributed by atoms with van der Waals surface area (Å²) >= 11 is 1.89. The molecule has 0 aliphatic heterocycles. The number of H-pyrrole nitrogens is 1. The predicted molar refractivity (Wildman–Crippen MR) is 290 cm³/mol. The van der Waals surface area contributed by atoms with Crippen LogP contribution in [-0.2, 0) is 60.7 Å². The largest absolute Gasteiger partial charge is 0.449 e. The summed E-state index contributed by atoms with van der Waals surface area (Å²) in [4.78, 5) is 137. The average Bonchev–Trinajstić information content (AvgIpc) is 4.06. The maximum Gasteiger partial charge on any atom is 0.407 e. The Morgan fingerprint density at radius 2 is 1.29 bits per heavy atom. The Bertz CT molecular complexity index is 2650. The van der Waals surface area contributed by atoms with Crippen LogP contribution in [0.5, 0.6) is 0 Å². The van der Waals surface area contributed by atoms with Gasteiger partial charge in [-0.2, -0.15) is 0 Å². The number of imidazole rings is 1. The van der Waals surface area contributed by atoms with Gasteiger partial charge in [0, 0.05) is 68.5 Å². The third kappa shape index (κ3) is 20.1. The van der Waals surface area contributed by atoms with E-state index in [-0.39, 0.29) is 80.4 Å². The number of aromatic amines is 1. The number of hydrogen-bond acceptors (Lipinski definition) is 14. The van der Waals surface area contributed by atoms with Crippen molar-refractivity contribution in [3.8, 4) is 11.1 Å². The molecule has 5 atom stereocenters. The molecule has 1 heterocycles. The number of nitrogens with zero attached hydrogens (tertiary/aromatic N) is 1. The minimum absolute atomic E-state index is 0.00578. The van der Waals surface area contributed by atoms with Gasteiger partial charge in [-0.05, 0) is 47.1 Å². The van der Waals surface area contributed by atoms with E-state index in [1.807, 2.05) is 68.4 Å². The highest BCUT2D eigenvalue weighted by molar-refractivity contribution is 8.13.